The number of hydrogen-bond acceptors (Lipinski definition) is 21. The van der Waals surface area contributed by atoms with Gasteiger partial charge in [0.1, 0.15) is 48.3 Å². The first-order chi connectivity index (χ1) is 48.5. The number of aliphatic carboxylic acids is 2. The summed E-state index contributed by atoms with van der Waals surface area (Å²) >= 11 is 0. The highest BCUT2D eigenvalue weighted by Gasteiger charge is 2.45. The predicted molar refractivity (Wildman–Crippen MR) is 356 cm³/mol. The molecule has 0 spiro atoms. The summed E-state index contributed by atoms with van der Waals surface area (Å²) in [5.74, 6) is -22.5. The van der Waals surface area contributed by atoms with Crippen LogP contribution in [0.15, 0.2) is 35.3 Å². The third-order valence-electron chi connectivity index (χ3n) is 16.1. The minimum absolute atomic E-state index is 0.0458. The van der Waals surface area contributed by atoms with Crippen molar-refractivity contribution in [3.05, 3.63) is 35.9 Å². The molecule has 1 aliphatic carbocycles. The van der Waals surface area contributed by atoms with Crippen LogP contribution in [0.4, 0.5) is 26.3 Å². The Bertz CT molecular complexity index is 3130. The van der Waals surface area contributed by atoms with Crippen molar-refractivity contribution < 1.29 is 129 Å². The largest absolute Gasteiger partial charge is 0.490 e. The summed E-state index contributed by atoms with van der Waals surface area (Å²) in [6.07, 6.45) is -15.7. The van der Waals surface area contributed by atoms with Crippen molar-refractivity contribution in [3.8, 4) is 0 Å². The van der Waals surface area contributed by atoms with Gasteiger partial charge in [-0.25, -0.2) is 14.4 Å². The Hall–Kier alpha value is -9.55. The second-order valence-electron chi connectivity index (χ2n) is 26.1. The number of aliphatic hydroxyl groups excluding tert-OH is 4. The number of amides is 11. The van der Waals surface area contributed by atoms with Crippen LogP contribution < -0.4 is 76.1 Å². The maximum atomic E-state index is 15.4. The number of nitrogens with two attached hydrogens (primary N) is 4. The molecule has 2 unspecified atom stereocenters. The van der Waals surface area contributed by atoms with Crippen LogP contribution >= 0.6 is 0 Å². The van der Waals surface area contributed by atoms with Crippen LogP contribution in [0, 0.1) is 23.7 Å². The zero-order chi connectivity index (χ0) is 80.8. The number of carboxylic acid groups (broad SMARTS) is 2. The molecule has 42 heteroatoms. The Labute approximate surface area is 599 Å². The minimum Gasteiger partial charge on any atom is -0.475 e. The number of benzene rings is 1. The molecule has 1 saturated heterocycles. The fourth-order valence-electron chi connectivity index (χ4n) is 10.1. The fraction of sp³-hybridized carbons (Fsp3) is 0.667. The first kappa shape index (κ1) is 93.5. The van der Waals surface area contributed by atoms with Crippen LogP contribution in [-0.4, -0.2) is 230 Å². The molecule has 1 aromatic rings. The van der Waals surface area contributed by atoms with Crippen LogP contribution in [0.5, 0.6) is 0 Å². The molecule has 1 heterocycles. The Balaban J connectivity index is 0.00000355. The first-order valence-corrected chi connectivity index (χ1v) is 33.2. The topological polar surface area (TPSA) is 606 Å². The van der Waals surface area contributed by atoms with Gasteiger partial charge < -0.3 is 111 Å². The number of carbonyl (C=O) groups is 14. The van der Waals surface area contributed by atoms with E-state index >= 15 is 4.79 Å². The summed E-state index contributed by atoms with van der Waals surface area (Å²) in [5, 5.41) is 82.6. The van der Waals surface area contributed by atoms with Crippen molar-refractivity contribution in [3.63, 3.8) is 0 Å². The van der Waals surface area contributed by atoms with Gasteiger partial charge in [-0.2, -0.15) is 26.3 Å². The van der Waals surface area contributed by atoms with E-state index in [9.17, 15) is 99.5 Å². The predicted octanol–water partition coefficient (Wildman–Crippen LogP) is -3.88. The van der Waals surface area contributed by atoms with Crippen molar-refractivity contribution >= 4 is 88.8 Å². The van der Waals surface area contributed by atoms with Gasteiger partial charge in [-0.3, -0.25) is 57.7 Å². The van der Waals surface area contributed by atoms with E-state index in [0.29, 0.717) is 25.7 Å². The van der Waals surface area contributed by atoms with Gasteiger partial charge >= 0.3 is 30.3 Å². The molecule has 105 heavy (non-hydrogen) atoms. The molecule has 3 rings (SSSR count). The van der Waals surface area contributed by atoms with E-state index in [4.69, 9.17) is 47.5 Å². The van der Waals surface area contributed by atoms with Gasteiger partial charge in [-0.1, -0.05) is 111 Å². The number of alkyl halides is 6. The lowest BCUT2D eigenvalue weighted by molar-refractivity contribution is -0.193. The Morgan fingerprint density at radius 1 is 0.648 bits per heavy atom. The second-order valence-corrected chi connectivity index (χ2v) is 26.1. The molecular formula is C63H99F6N15O21. The van der Waals surface area contributed by atoms with E-state index in [1.807, 2.05) is 10.6 Å². The molecule has 1 saturated carbocycles. The zero-order valence-electron chi connectivity index (χ0n) is 59.2. The number of cyclic esters (lactones) is 1. The van der Waals surface area contributed by atoms with Crippen LogP contribution in [-0.2, 0) is 71.9 Å². The molecule has 594 valence electrons. The molecule has 36 nitrogen and oxygen atoms in total. The molecule has 11 amide bonds. The van der Waals surface area contributed by atoms with Gasteiger partial charge in [0.15, 0.2) is 24.2 Å². The standard InChI is InChI=1S/C59H97N15O17.2C2HF3O2/c1-10-31(8)39-52(85)72-40(32(9)76)51(84)65-26-38(77)70-42(45(79)47(60)80)54(87)68-37(27-75)56(89)91-46(33-18-13-11-14-19-33)43(74-50(83)36(25-29(4)5)69-57(90)59(63)21-15-12-16-22-59)55(88)73-41(44(78)30(6)7)53(86)67-35(24-28(2)3)49(82)66-34(48(81)71-39)20-17-23-64-58(61)62;2*3-2(4,5)1(6)7/h11,13-14,18-19,28-32,34-37,39-46,75-76,78-79H,10,12,15-17,20-27,63H2,1-9H3,(H2,60,80)(H,65,84)(H,66,82)(H,67,86)(H,68,87)(H,69,90)(H,70,77)(H,71,81)(H,72,85)(H,73,88)(H,74,83)(H4,61,62,64);2*(H,6,7)/t31-,32-,34+,35-,36-,37-,39?,40?,41-,42-,43-,44+,45-,46+;;/m0../s1. The Morgan fingerprint density at radius 2 is 1.14 bits per heavy atom. The normalized spacial score (nSPS) is 23.8. The lowest BCUT2D eigenvalue weighted by atomic mass is 9.81. The number of esters is 1. The third-order valence-corrected chi connectivity index (χ3v) is 16.1. The van der Waals surface area contributed by atoms with E-state index in [1.165, 1.54) is 44.2 Å². The number of aliphatic hydroxyl groups is 4. The third kappa shape index (κ3) is 32.2. The molecule has 0 radical (unpaired) electrons. The monoisotopic (exact) mass is 1520 g/mol. The van der Waals surface area contributed by atoms with E-state index in [0.717, 1.165) is 13.3 Å². The molecule has 0 bridgehead atoms. The van der Waals surface area contributed by atoms with Gasteiger partial charge in [0.2, 0.25) is 65.0 Å². The van der Waals surface area contributed by atoms with Crippen LogP contribution in [0.1, 0.15) is 138 Å². The number of carbonyl (C=O) groups excluding carboxylic acids is 12. The summed E-state index contributed by atoms with van der Waals surface area (Å²) in [4.78, 5) is 192. The summed E-state index contributed by atoms with van der Waals surface area (Å²) in [5.41, 5.74) is 21.6. The Morgan fingerprint density at radius 3 is 1.62 bits per heavy atom. The number of nitrogens with one attached hydrogen (secondary N) is 10. The highest BCUT2D eigenvalue weighted by Crippen LogP contribution is 2.28. The van der Waals surface area contributed by atoms with Crippen LogP contribution in [0.25, 0.3) is 0 Å². The lowest BCUT2D eigenvalue weighted by Crippen LogP contribution is -2.64. The highest BCUT2D eigenvalue weighted by molar-refractivity contribution is 6.00. The van der Waals surface area contributed by atoms with E-state index in [1.54, 1.807) is 41.5 Å². The second kappa shape index (κ2) is 43.7. The molecule has 2 fully saturated rings. The molecule has 14 atom stereocenters. The summed E-state index contributed by atoms with van der Waals surface area (Å²) < 4.78 is 69.4. The number of guanidine groups is 1. The highest BCUT2D eigenvalue weighted by atomic mass is 19.4. The zero-order valence-corrected chi connectivity index (χ0v) is 59.2. The average Bonchev–Trinajstić information content (AvgIpc) is 0.814. The van der Waals surface area contributed by atoms with Crippen molar-refractivity contribution in [2.45, 2.75) is 223 Å². The maximum Gasteiger partial charge on any atom is 0.490 e. The van der Waals surface area contributed by atoms with Crippen LogP contribution in [0.3, 0.4) is 0 Å². The lowest BCUT2D eigenvalue weighted by Gasteiger charge is -2.35. The van der Waals surface area contributed by atoms with E-state index < -0.39 is 205 Å². The first-order valence-electron chi connectivity index (χ1n) is 33.2. The smallest absolute Gasteiger partial charge is 0.475 e. The summed E-state index contributed by atoms with van der Waals surface area (Å²) in [6, 6.07) is -9.55. The number of hydrogen-bond donors (Lipinski definition) is 20. The molecular weight excluding hydrogens is 1420 g/mol. The van der Waals surface area contributed by atoms with Gasteiger partial charge in [-0.05, 0) is 74.7 Å². The summed E-state index contributed by atoms with van der Waals surface area (Å²) in [6.45, 7) is 11.8. The number of carboxylic acids is 2. The van der Waals surface area contributed by atoms with Crippen molar-refractivity contribution in [2.24, 2.45) is 51.6 Å². The van der Waals surface area contributed by atoms with Gasteiger partial charge in [0, 0.05) is 6.54 Å². The van der Waals surface area contributed by atoms with E-state index in [-0.39, 0.29) is 62.0 Å². The number of primary amides is 1. The number of rotatable bonds is 21. The molecule has 24 N–H and O–H groups in total. The average molecular weight is 1520 g/mol. The molecule has 0 aromatic heterocycles. The van der Waals surface area contributed by atoms with Gasteiger partial charge in [-0.15, -0.1) is 0 Å². The number of ether oxygens (including phenoxy) is 1. The maximum absolute atomic E-state index is 15.4. The number of aliphatic imine (C=N–C) groups is 1. The molecule has 2 aliphatic rings. The summed E-state index contributed by atoms with van der Waals surface area (Å²) in [7, 11) is 0. The molecule has 1 aliphatic heterocycles. The van der Waals surface area contributed by atoms with Gasteiger partial charge in [0.05, 0.1) is 30.9 Å². The van der Waals surface area contributed by atoms with Crippen LogP contribution in [0.2, 0.25) is 0 Å². The SMILES string of the molecule is CC[C@H](C)C1NC(=O)[C@@H](CCCN=C(N)N)NC(=O)[C@H](CC(C)C)NC(=O)[C@H]([C@H](O)C(C)C)NC(=O)[C@@H](NC(=O)[C@H](CC(C)C)NC(=O)C2(N)CCCCC2)[C@@H](c2ccccc2)OC(=O)[C@H](CO)NC(=O)[C@H]([C@H](O)C(N)=O)NC(=O)CNC(=O)C([C@H](C)O)NC1=O.O=C(O)C(F)(F)F.O=C(O)C(F)(F)F. The van der Waals surface area contributed by atoms with Crippen molar-refractivity contribution in [1.29, 1.82) is 0 Å². The minimum atomic E-state index is -5.08. The van der Waals surface area contributed by atoms with Crippen molar-refractivity contribution in [2.75, 3.05) is 19.7 Å². The van der Waals surface area contributed by atoms with E-state index in [2.05, 4.69) is 47.5 Å². The Kier molecular flexibility index (Phi) is 38.9. The van der Waals surface area contributed by atoms with Crippen molar-refractivity contribution in [1.82, 2.24) is 53.2 Å². The number of halogens is 6. The number of nitrogens with zero attached hydrogens (tertiary/aromatic N) is 1. The fourth-order valence-corrected chi connectivity index (χ4v) is 10.1. The molecule has 1 aromatic carbocycles. The quantitative estimate of drug-likeness (QED) is 0.0184. The van der Waals surface area contributed by atoms with Gasteiger partial charge in [0.25, 0.3) is 0 Å².